The van der Waals surface area contributed by atoms with Crippen LogP contribution in [0.4, 0.5) is 5.69 Å². The summed E-state index contributed by atoms with van der Waals surface area (Å²) in [6.07, 6.45) is 0. The number of pyridine rings is 1. The number of amides is 1. The fourth-order valence-corrected chi connectivity index (χ4v) is 2.64. The molecule has 0 saturated heterocycles. The van der Waals surface area contributed by atoms with E-state index in [0.717, 1.165) is 16.5 Å². The van der Waals surface area contributed by atoms with Crippen molar-refractivity contribution in [3.63, 3.8) is 0 Å². The summed E-state index contributed by atoms with van der Waals surface area (Å²) in [5.41, 5.74) is 2.85. The van der Waals surface area contributed by atoms with Gasteiger partial charge in [0.1, 0.15) is 0 Å². The van der Waals surface area contributed by atoms with Gasteiger partial charge in [-0.25, -0.2) is 0 Å². The smallest absolute Gasteiger partial charge is 0.255 e. The van der Waals surface area contributed by atoms with Crippen LogP contribution in [0.1, 0.15) is 35.7 Å². The molecule has 0 saturated carbocycles. The molecule has 3 rings (SSSR count). The summed E-state index contributed by atoms with van der Waals surface area (Å²) in [7, 11) is 0. The van der Waals surface area contributed by atoms with E-state index in [0.29, 0.717) is 11.3 Å². The van der Waals surface area contributed by atoms with E-state index in [4.69, 9.17) is 0 Å². The molecular weight excluding hydrogens is 288 g/mol. The van der Waals surface area contributed by atoms with Crippen molar-refractivity contribution in [3.05, 3.63) is 76.1 Å². The molecule has 1 heterocycles. The lowest BCUT2D eigenvalue weighted by atomic mass is 9.99. The highest BCUT2D eigenvalue weighted by molar-refractivity contribution is 6.05. The third-order valence-electron chi connectivity index (χ3n) is 3.79. The van der Waals surface area contributed by atoms with Gasteiger partial charge in [-0.15, -0.1) is 0 Å². The van der Waals surface area contributed by atoms with Crippen LogP contribution >= 0.6 is 0 Å². The zero-order valence-electron chi connectivity index (χ0n) is 13.1. The summed E-state index contributed by atoms with van der Waals surface area (Å²) in [4.78, 5) is 26.9. The number of H-pyrrole nitrogens is 1. The van der Waals surface area contributed by atoms with Crippen LogP contribution in [0.3, 0.4) is 0 Å². The summed E-state index contributed by atoms with van der Waals surface area (Å²) in [5.74, 6) is 0.0804. The fourth-order valence-electron chi connectivity index (χ4n) is 2.64. The van der Waals surface area contributed by atoms with Crippen molar-refractivity contribution in [1.29, 1.82) is 0 Å². The average Bonchev–Trinajstić information content (AvgIpc) is 2.54. The first kappa shape index (κ1) is 15.0. The van der Waals surface area contributed by atoms with Crippen molar-refractivity contribution in [2.24, 2.45) is 0 Å². The van der Waals surface area contributed by atoms with Crippen LogP contribution in [0.5, 0.6) is 0 Å². The first-order chi connectivity index (χ1) is 11.0. The molecule has 1 aromatic heterocycles. The minimum atomic E-state index is -0.174. The maximum atomic E-state index is 12.2. The molecule has 3 aromatic rings. The number of hydrogen-bond acceptors (Lipinski definition) is 2. The molecule has 4 heteroatoms. The standard InChI is InChI=1S/C19H18N2O2/c1-12(2)16-11-18(22)21-17-10-14(8-9-15(16)17)20-19(23)13-6-4-3-5-7-13/h3-12H,1-2H3,(H,20,23)(H,21,22). The number of aromatic amines is 1. The number of anilines is 1. The Labute approximate surface area is 134 Å². The van der Waals surface area contributed by atoms with Gasteiger partial charge in [-0.1, -0.05) is 38.1 Å². The average molecular weight is 306 g/mol. The molecule has 0 spiro atoms. The van der Waals surface area contributed by atoms with Gasteiger partial charge in [-0.05, 0) is 35.7 Å². The Kier molecular flexibility index (Phi) is 3.98. The highest BCUT2D eigenvalue weighted by atomic mass is 16.1. The second kappa shape index (κ2) is 6.08. The number of rotatable bonds is 3. The Bertz CT molecular complexity index is 912. The monoisotopic (exact) mass is 306 g/mol. The maximum absolute atomic E-state index is 12.2. The van der Waals surface area contributed by atoms with Crippen molar-refractivity contribution >= 4 is 22.5 Å². The first-order valence-electron chi connectivity index (χ1n) is 7.58. The van der Waals surface area contributed by atoms with Crippen molar-refractivity contribution < 1.29 is 4.79 Å². The van der Waals surface area contributed by atoms with Gasteiger partial charge in [0.25, 0.3) is 5.91 Å². The molecule has 2 aromatic carbocycles. The molecule has 4 nitrogen and oxygen atoms in total. The van der Waals surface area contributed by atoms with E-state index >= 15 is 0 Å². The van der Waals surface area contributed by atoms with Crippen molar-refractivity contribution in [2.75, 3.05) is 5.32 Å². The molecule has 0 aliphatic heterocycles. The number of benzene rings is 2. The molecule has 1 amide bonds. The van der Waals surface area contributed by atoms with E-state index in [-0.39, 0.29) is 17.4 Å². The van der Waals surface area contributed by atoms with Gasteiger partial charge in [-0.3, -0.25) is 9.59 Å². The Morgan fingerprint density at radius 1 is 1.04 bits per heavy atom. The molecule has 23 heavy (non-hydrogen) atoms. The van der Waals surface area contributed by atoms with Crippen LogP contribution in [0.25, 0.3) is 10.9 Å². The lowest BCUT2D eigenvalue weighted by Crippen LogP contribution is -2.12. The Morgan fingerprint density at radius 3 is 2.48 bits per heavy atom. The maximum Gasteiger partial charge on any atom is 0.255 e. The predicted molar refractivity (Wildman–Crippen MR) is 93.1 cm³/mol. The SMILES string of the molecule is CC(C)c1cc(=O)[nH]c2cc(NC(=O)c3ccccc3)ccc12. The minimum absolute atomic E-state index is 0.132. The number of nitrogens with one attached hydrogen (secondary N) is 2. The normalized spacial score (nSPS) is 10.9. The Hall–Kier alpha value is -2.88. The van der Waals surface area contributed by atoms with E-state index in [1.807, 2.05) is 30.3 Å². The van der Waals surface area contributed by atoms with E-state index in [1.165, 1.54) is 0 Å². The quantitative estimate of drug-likeness (QED) is 0.771. The second-order valence-electron chi connectivity index (χ2n) is 5.82. The number of carbonyl (C=O) groups is 1. The molecule has 116 valence electrons. The molecule has 0 atom stereocenters. The first-order valence-corrected chi connectivity index (χ1v) is 7.58. The lowest BCUT2D eigenvalue weighted by molar-refractivity contribution is 0.102. The van der Waals surface area contributed by atoms with Gasteiger partial charge in [0.2, 0.25) is 5.56 Å². The lowest BCUT2D eigenvalue weighted by Gasteiger charge is -2.11. The minimum Gasteiger partial charge on any atom is -0.322 e. The number of fused-ring (bicyclic) bond motifs is 1. The number of hydrogen-bond donors (Lipinski definition) is 2. The molecule has 0 fully saturated rings. The zero-order chi connectivity index (χ0) is 16.4. The van der Waals surface area contributed by atoms with Crippen molar-refractivity contribution in [2.45, 2.75) is 19.8 Å². The number of aromatic nitrogens is 1. The summed E-state index contributed by atoms with van der Waals surface area (Å²) in [6.45, 7) is 4.11. The van der Waals surface area contributed by atoms with E-state index in [9.17, 15) is 9.59 Å². The van der Waals surface area contributed by atoms with Gasteiger partial charge in [-0.2, -0.15) is 0 Å². The third-order valence-corrected chi connectivity index (χ3v) is 3.79. The summed E-state index contributed by atoms with van der Waals surface area (Å²) in [6, 6.07) is 16.2. The summed E-state index contributed by atoms with van der Waals surface area (Å²) in [5, 5.41) is 3.86. The molecule has 0 unspecified atom stereocenters. The van der Waals surface area contributed by atoms with Crippen molar-refractivity contribution in [3.8, 4) is 0 Å². The molecule has 0 aliphatic carbocycles. The van der Waals surface area contributed by atoms with Crippen LogP contribution in [0, 0.1) is 0 Å². The topological polar surface area (TPSA) is 62.0 Å². The van der Waals surface area contributed by atoms with Crippen molar-refractivity contribution in [1.82, 2.24) is 4.98 Å². The van der Waals surface area contributed by atoms with E-state index < -0.39 is 0 Å². The largest absolute Gasteiger partial charge is 0.322 e. The Balaban J connectivity index is 1.98. The van der Waals surface area contributed by atoms with Crippen LogP contribution in [-0.4, -0.2) is 10.9 Å². The van der Waals surface area contributed by atoms with Gasteiger partial charge in [0, 0.05) is 22.7 Å². The molecule has 0 aliphatic rings. The van der Waals surface area contributed by atoms with Crippen LogP contribution < -0.4 is 10.9 Å². The highest BCUT2D eigenvalue weighted by Gasteiger charge is 2.09. The molecule has 0 radical (unpaired) electrons. The van der Waals surface area contributed by atoms with Crippen LogP contribution in [0.15, 0.2) is 59.4 Å². The van der Waals surface area contributed by atoms with E-state index in [1.54, 1.807) is 24.3 Å². The third kappa shape index (κ3) is 3.16. The zero-order valence-corrected chi connectivity index (χ0v) is 13.1. The molecular formula is C19H18N2O2. The van der Waals surface area contributed by atoms with Crippen LogP contribution in [-0.2, 0) is 0 Å². The van der Waals surface area contributed by atoms with E-state index in [2.05, 4.69) is 24.1 Å². The Morgan fingerprint density at radius 2 is 1.78 bits per heavy atom. The van der Waals surface area contributed by atoms with Gasteiger partial charge in [0.15, 0.2) is 0 Å². The fraction of sp³-hybridized carbons (Fsp3) is 0.158. The summed E-state index contributed by atoms with van der Waals surface area (Å²) < 4.78 is 0. The summed E-state index contributed by atoms with van der Waals surface area (Å²) >= 11 is 0. The predicted octanol–water partition coefficient (Wildman–Crippen LogP) is 3.90. The van der Waals surface area contributed by atoms with Gasteiger partial charge in [0.05, 0.1) is 5.52 Å². The molecule has 2 N–H and O–H groups in total. The second-order valence-corrected chi connectivity index (χ2v) is 5.82. The van der Waals surface area contributed by atoms with Crippen LogP contribution in [0.2, 0.25) is 0 Å². The van der Waals surface area contributed by atoms with Gasteiger partial charge < -0.3 is 10.3 Å². The molecule has 0 bridgehead atoms. The number of carbonyl (C=O) groups excluding carboxylic acids is 1. The van der Waals surface area contributed by atoms with Gasteiger partial charge >= 0.3 is 0 Å². The highest BCUT2D eigenvalue weighted by Crippen LogP contribution is 2.25.